The lowest BCUT2D eigenvalue weighted by Gasteiger charge is -2.23. The van der Waals surface area contributed by atoms with Crippen LogP contribution in [-0.4, -0.2) is 27.5 Å². The fourth-order valence-electron chi connectivity index (χ4n) is 2.71. The van der Waals surface area contributed by atoms with Gasteiger partial charge in [-0.25, -0.2) is 9.50 Å². The highest BCUT2D eigenvalue weighted by molar-refractivity contribution is 5.62. The van der Waals surface area contributed by atoms with E-state index in [9.17, 15) is 0 Å². The van der Waals surface area contributed by atoms with Crippen molar-refractivity contribution in [3.05, 3.63) is 48.8 Å². The molecular weight excluding hydrogens is 278 g/mol. The van der Waals surface area contributed by atoms with E-state index in [4.69, 9.17) is 9.47 Å². The first-order valence-electron chi connectivity index (χ1n) is 7.58. The Labute approximate surface area is 128 Å². The highest BCUT2D eigenvalue weighted by atomic mass is 16.7. The van der Waals surface area contributed by atoms with Crippen LogP contribution in [0.4, 0.5) is 0 Å². The van der Waals surface area contributed by atoms with Gasteiger partial charge in [0.15, 0.2) is 11.9 Å². The summed E-state index contributed by atoms with van der Waals surface area (Å²) in [5.74, 6) is 0.835. The maximum absolute atomic E-state index is 5.86. The summed E-state index contributed by atoms with van der Waals surface area (Å²) in [7, 11) is 0. The van der Waals surface area contributed by atoms with Crippen LogP contribution in [0.2, 0.25) is 0 Å². The molecule has 1 fully saturated rings. The number of benzene rings is 1. The van der Waals surface area contributed by atoms with Crippen molar-refractivity contribution in [3.63, 3.8) is 0 Å². The first kappa shape index (κ1) is 13.3. The number of rotatable bonds is 3. The van der Waals surface area contributed by atoms with Gasteiger partial charge in [0.1, 0.15) is 5.75 Å². The number of nitrogens with zero attached hydrogens (tertiary/aromatic N) is 3. The van der Waals surface area contributed by atoms with Crippen LogP contribution >= 0.6 is 0 Å². The SMILES string of the molecule is c1cc(-c2ccc(OC3CCCCO3)cc2)n2nccc2n1. The van der Waals surface area contributed by atoms with Crippen LogP contribution in [0.3, 0.4) is 0 Å². The van der Waals surface area contributed by atoms with Crippen molar-refractivity contribution in [1.29, 1.82) is 0 Å². The molecule has 1 aliphatic rings. The lowest BCUT2D eigenvalue weighted by atomic mass is 10.1. The first-order valence-corrected chi connectivity index (χ1v) is 7.58. The van der Waals surface area contributed by atoms with E-state index in [0.717, 1.165) is 48.5 Å². The molecule has 0 N–H and O–H groups in total. The van der Waals surface area contributed by atoms with Crippen molar-refractivity contribution < 1.29 is 9.47 Å². The molecule has 3 heterocycles. The van der Waals surface area contributed by atoms with Gasteiger partial charge in [0.05, 0.1) is 18.5 Å². The predicted octanol–water partition coefficient (Wildman–Crippen LogP) is 3.30. The van der Waals surface area contributed by atoms with E-state index in [1.54, 1.807) is 12.4 Å². The van der Waals surface area contributed by atoms with E-state index in [1.807, 2.05) is 40.9 Å². The Hall–Kier alpha value is -2.40. The fourth-order valence-corrected chi connectivity index (χ4v) is 2.71. The molecule has 0 saturated carbocycles. The molecule has 0 spiro atoms. The molecule has 1 aromatic carbocycles. The lowest BCUT2D eigenvalue weighted by molar-refractivity contribution is -0.105. The number of hydrogen-bond acceptors (Lipinski definition) is 4. The Bertz CT molecular complexity index is 761. The van der Waals surface area contributed by atoms with Gasteiger partial charge in [0.2, 0.25) is 0 Å². The van der Waals surface area contributed by atoms with Gasteiger partial charge in [-0.2, -0.15) is 5.10 Å². The summed E-state index contributed by atoms with van der Waals surface area (Å²) < 4.78 is 13.3. The normalized spacial score (nSPS) is 18.5. The highest BCUT2D eigenvalue weighted by Crippen LogP contribution is 2.24. The second kappa shape index (κ2) is 5.77. The Kier molecular flexibility index (Phi) is 3.48. The van der Waals surface area contributed by atoms with Crippen molar-refractivity contribution in [2.45, 2.75) is 25.6 Å². The second-order valence-electron chi connectivity index (χ2n) is 5.37. The minimum absolute atomic E-state index is 0.113. The van der Waals surface area contributed by atoms with Crippen molar-refractivity contribution >= 4 is 5.65 Å². The molecule has 2 aromatic heterocycles. The molecule has 0 radical (unpaired) electrons. The third kappa shape index (κ3) is 2.55. The molecule has 0 amide bonds. The van der Waals surface area contributed by atoms with E-state index in [1.165, 1.54) is 0 Å². The summed E-state index contributed by atoms with van der Waals surface area (Å²) in [4.78, 5) is 4.28. The van der Waals surface area contributed by atoms with Gasteiger partial charge < -0.3 is 9.47 Å². The predicted molar refractivity (Wildman–Crippen MR) is 82.6 cm³/mol. The van der Waals surface area contributed by atoms with E-state index in [-0.39, 0.29) is 6.29 Å². The smallest absolute Gasteiger partial charge is 0.199 e. The van der Waals surface area contributed by atoms with Crippen LogP contribution in [0.15, 0.2) is 48.8 Å². The van der Waals surface area contributed by atoms with E-state index in [2.05, 4.69) is 10.1 Å². The number of aromatic nitrogens is 3. The van der Waals surface area contributed by atoms with Gasteiger partial charge >= 0.3 is 0 Å². The third-order valence-electron chi connectivity index (χ3n) is 3.85. The topological polar surface area (TPSA) is 48.7 Å². The molecule has 0 bridgehead atoms. The zero-order chi connectivity index (χ0) is 14.8. The Morgan fingerprint density at radius 1 is 1.05 bits per heavy atom. The molecule has 5 nitrogen and oxygen atoms in total. The van der Waals surface area contributed by atoms with Crippen LogP contribution in [0.5, 0.6) is 5.75 Å². The van der Waals surface area contributed by atoms with Gasteiger partial charge in [-0.15, -0.1) is 0 Å². The monoisotopic (exact) mass is 295 g/mol. The molecule has 0 aliphatic carbocycles. The quantitative estimate of drug-likeness (QED) is 0.744. The molecule has 112 valence electrons. The summed E-state index contributed by atoms with van der Waals surface area (Å²) in [6.45, 7) is 0.789. The van der Waals surface area contributed by atoms with Crippen molar-refractivity contribution in [1.82, 2.24) is 14.6 Å². The van der Waals surface area contributed by atoms with Gasteiger partial charge in [0.25, 0.3) is 0 Å². The largest absolute Gasteiger partial charge is 0.465 e. The summed E-state index contributed by atoms with van der Waals surface area (Å²) in [6, 6.07) is 11.9. The fraction of sp³-hybridized carbons (Fsp3) is 0.294. The zero-order valence-corrected chi connectivity index (χ0v) is 12.2. The van der Waals surface area contributed by atoms with Crippen LogP contribution < -0.4 is 4.74 Å². The van der Waals surface area contributed by atoms with Crippen LogP contribution in [0, 0.1) is 0 Å². The summed E-state index contributed by atoms with van der Waals surface area (Å²) in [5.41, 5.74) is 2.93. The lowest BCUT2D eigenvalue weighted by Crippen LogP contribution is -2.24. The molecule has 1 saturated heterocycles. The molecular formula is C17H17N3O2. The summed E-state index contributed by atoms with van der Waals surface area (Å²) in [6.07, 6.45) is 6.69. The summed E-state index contributed by atoms with van der Waals surface area (Å²) in [5, 5.41) is 4.31. The zero-order valence-electron chi connectivity index (χ0n) is 12.2. The Morgan fingerprint density at radius 2 is 1.95 bits per heavy atom. The minimum Gasteiger partial charge on any atom is -0.465 e. The van der Waals surface area contributed by atoms with Gasteiger partial charge in [-0.3, -0.25) is 0 Å². The molecule has 4 rings (SSSR count). The average molecular weight is 295 g/mol. The maximum atomic E-state index is 5.86. The van der Waals surface area contributed by atoms with Gasteiger partial charge in [-0.1, -0.05) is 0 Å². The van der Waals surface area contributed by atoms with E-state index < -0.39 is 0 Å². The third-order valence-corrected chi connectivity index (χ3v) is 3.85. The van der Waals surface area contributed by atoms with E-state index in [0.29, 0.717) is 0 Å². The van der Waals surface area contributed by atoms with Crippen LogP contribution in [0.25, 0.3) is 16.9 Å². The number of ether oxygens (including phenoxy) is 2. The molecule has 22 heavy (non-hydrogen) atoms. The number of hydrogen-bond donors (Lipinski definition) is 0. The van der Waals surface area contributed by atoms with Crippen LogP contribution in [-0.2, 0) is 4.74 Å². The molecule has 1 atom stereocenters. The molecule has 5 heteroatoms. The summed E-state index contributed by atoms with van der Waals surface area (Å²) >= 11 is 0. The van der Waals surface area contributed by atoms with Crippen molar-refractivity contribution in [3.8, 4) is 17.0 Å². The molecule has 1 aliphatic heterocycles. The van der Waals surface area contributed by atoms with Crippen molar-refractivity contribution in [2.24, 2.45) is 0 Å². The van der Waals surface area contributed by atoms with Crippen molar-refractivity contribution in [2.75, 3.05) is 6.61 Å². The second-order valence-corrected chi connectivity index (χ2v) is 5.37. The Balaban J connectivity index is 1.57. The Morgan fingerprint density at radius 3 is 2.77 bits per heavy atom. The number of fused-ring (bicyclic) bond motifs is 1. The van der Waals surface area contributed by atoms with Gasteiger partial charge in [-0.05, 0) is 43.2 Å². The molecule has 1 unspecified atom stereocenters. The highest BCUT2D eigenvalue weighted by Gasteiger charge is 2.15. The van der Waals surface area contributed by atoms with E-state index >= 15 is 0 Å². The molecule has 3 aromatic rings. The maximum Gasteiger partial charge on any atom is 0.199 e. The van der Waals surface area contributed by atoms with Crippen LogP contribution in [0.1, 0.15) is 19.3 Å². The standard InChI is InChI=1S/C17H17N3O2/c1-2-12-21-17(3-1)22-14-6-4-13(5-7-14)15-8-10-18-16-9-11-19-20(15)16/h4-11,17H,1-3,12H2. The minimum atomic E-state index is -0.113. The average Bonchev–Trinajstić information content (AvgIpc) is 3.05. The van der Waals surface area contributed by atoms with Gasteiger partial charge in [0, 0.05) is 24.2 Å². The first-order chi connectivity index (χ1) is 10.9.